The van der Waals surface area contributed by atoms with Crippen LogP contribution in [0.25, 0.3) is 0 Å². The molecule has 0 aromatic rings. The molecule has 2 aliphatic rings. The molecule has 0 bridgehead atoms. The summed E-state index contributed by atoms with van der Waals surface area (Å²) in [6.45, 7) is 4.03. The van der Waals surface area contributed by atoms with Crippen molar-refractivity contribution in [3.63, 3.8) is 0 Å². The minimum Gasteiger partial charge on any atom is -0.365 e. The topological polar surface area (TPSA) is 75.7 Å². The van der Waals surface area contributed by atoms with Crippen LogP contribution >= 0.6 is 0 Å². The summed E-state index contributed by atoms with van der Waals surface area (Å²) in [5.41, 5.74) is -0.884. The van der Waals surface area contributed by atoms with Crippen LogP contribution in [0.1, 0.15) is 33.1 Å². The number of rotatable bonds is 2. The molecule has 2 unspecified atom stereocenters. The first-order chi connectivity index (χ1) is 8.48. The Hall–Kier alpha value is -1.43. The van der Waals surface area contributed by atoms with E-state index >= 15 is 0 Å². The lowest BCUT2D eigenvalue weighted by atomic mass is 9.98. The molecule has 6 nitrogen and oxygen atoms in total. The zero-order chi connectivity index (χ0) is 13.3. The molecule has 1 N–H and O–H groups in total. The normalized spacial score (nSPS) is 32.6. The van der Waals surface area contributed by atoms with Gasteiger partial charge in [0.05, 0.1) is 0 Å². The van der Waals surface area contributed by atoms with Crippen LogP contribution in [-0.2, 0) is 19.1 Å². The largest absolute Gasteiger partial charge is 0.365 e. The van der Waals surface area contributed by atoms with Crippen LogP contribution in [0.3, 0.4) is 0 Å². The molecule has 18 heavy (non-hydrogen) atoms. The molecule has 6 heteroatoms. The fourth-order valence-electron chi connectivity index (χ4n) is 2.54. The van der Waals surface area contributed by atoms with Crippen LogP contribution in [-0.4, -0.2) is 47.4 Å². The molecule has 100 valence electrons. The summed E-state index contributed by atoms with van der Waals surface area (Å²) in [4.78, 5) is 36.9. The lowest BCUT2D eigenvalue weighted by Crippen LogP contribution is -2.63. The summed E-state index contributed by atoms with van der Waals surface area (Å²) in [7, 11) is 0. The molecule has 2 fully saturated rings. The molecule has 2 aliphatic heterocycles. The highest BCUT2D eigenvalue weighted by Crippen LogP contribution is 2.28. The first-order valence-corrected chi connectivity index (χ1v) is 6.26. The third kappa shape index (κ3) is 2.12. The van der Waals surface area contributed by atoms with Gasteiger partial charge in [-0.1, -0.05) is 6.92 Å². The Morgan fingerprint density at radius 3 is 2.83 bits per heavy atom. The number of nitrogens with zero attached hydrogens (tertiary/aromatic N) is 1. The van der Waals surface area contributed by atoms with Gasteiger partial charge in [-0.25, -0.2) is 0 Å². The lowest BCUT2D eigenvalue weighted by Gasteiger charge is -2.37. The number of piperazine rings is 1. The zero-order valence-corrected chi connectivity index (χ0v) is 10.7. The molecule has 3 amide bonds. The van der Waals surface area contributed by atoms with Crippen LogP contribution in [0.15, 0.2) is 0 Å². The van der Waals surface area contributed by atoms with E-state index in [2.05, 4.69) is 5.32 Å². The summed E-state index contributed by atoms with van der Waals surface area (Å²) < 4.78 is 5.48. The molecule has 2 atom stereocenters. The molecular formula is C12H18N2O4. The lowest BCUT2D eigenvalue weighted by molar-refractivity contribution is -0.161. The van der Waals surface area contributed by atoms with Crippen molar-refractivity contribution in [2.45, 2.75) is 44.8 Å². The summed E-state index contributed by atoms with van der Waals surface area (Å²) in [6.07, 6.45) is 1.95. The highest BCUT2D eigenvalue weighted by Gasteiger charge is 2.45. The van der Waals surface area contributed by atoms with E-state index in [-0.39, 0.29) is 12.5 Å². The summed E-state index contributed by atoms with van der Waals surface area (Å²) >= 11 is 0. The molecular weight excluding hydrogens is 236 g/mol. The maximum atomic E-state index is 12.5. The quantitative estimate of drug-likeness (QED) is 0.694. The van der Waals surface area contributed by atoms with Crippen molar-refractivity contribution in [2.75, 3.05) is 13.2 Å². The fraction of sp³-hybridized carbons (Fsp3) is 0.750. The van der Waals surface area contributed by atoms with E-state index in [9.17, 15) is 14.4 Å². The third-order valence-electron chi connectivity index (χ3n) is 3.57. The smallest absolute Gasteiger partial charge is 0.255 e. The second-order valence-electron chi connectivity index (χ2n) is 4.95. The fourth-order valence-corrected chi connectivity index (χ4v) is 2.54. The van der Waals surface area contributed by atoms with E-state index in [4.69, 9.17) is 4.74 Å². The van der Waals surface area contributed by atoms with Crippen molar-refractivity contribution < 1.29 is 19.1 Å². The standard InChI is InChI=1S/C12H18N2O4/c1-3-8-10(16)13-9(15)7-14(8)11(17)12(2)5-4-6-18-12/h8H,3-7H2,1-2H3,(H,13,15,16). The van der Waals surface area contributed by atoms with Crippen LogP contribution < -0.4 is 5.32 Å². The van der Waals surface area contributed by atoms with Crippen molar-refractivity contribution in [3.8, 4) is 0 Å². The van der Waals surface area contributed by atoms with E-state index in [0.717, 1.165) is 6.42 Å². The van der Waals surface area contributed by atoms with Crippen LogP contribution in [0.4, 0.5) is 0 Å². The summed E-state index contributed by atoms with van der Waals surface area (Å²) in [6, 6.07) is -0.573. The SMILES string of the molecule is CCC1C(=O)NC(=O)CN1C(=O)C1(C)CCCO1. The van der Waals surface area contributed by atoms with Gasteiger partial charge in [0.2, 0.25) is 11.8 Å². The van der Waals surface area contributed by atoms with Gasteiger partial charge in [-0.2, -0.15) is 0 Å². The van der Waals surface area contributed by atoms with E-state index < -0.39 is 23.5 Å². The molecule has 0 spiro atoms. The van der Waals surface area contributed by atoms with E-state index in [0.29, 0.717) is 19.4 Å². The molecule has 0 aromatic carbocycles. The van der Waals surface area contributed by atoms with E-state index in [1.807, 2.05) is 6.92 Å². The van der Waals surface area contributed by atoms with Gasteiger partial charge in [0.25, 0.3) is 5.91 Å². The van der Waals surface area contributed by atoms with Gasteiger partial charge in [0.15, 0.2) is 0 Å². The Labute approximate surface area is 106 Å². The van der Waals surface area contributed by atoms with Crippen molar-refractivity contribution in [2.24, 2.45) is 0 Å². The van der Waals surface area contributed by atoms with Crippen molar-refractivity contribution in [1.29, 1.82) is 0 Å². The monoisotopic (exact) mass is 254 g/mol. The Morgan fingerprint density at radius 2 is 2.28 bits per heavy atom. The van der Waals surface area contributed by atoms with Crippen molar-refractivity contribution in [3.05, 3.63) is 0 Å². The average Bonchev–Trinajstić information content (AvgIpc) is 2.75. The maximum absolute atomic E-state index is 12.5. The van der Waals surface area contributed by atoms with Gasteiger partial charge in [-0.15, -0.1) is 0 Å². The van der Waals surface area contributed by atoms with Gasteiger partial charge in [0, 0.05) is 6.61 Å². The number of ether oxygens (including phenoxy) is 1. The first-order valence-electron chi connectivity index (χ1n) is 6.26. The van der Waals surface area contributed by atoms with Crippen LogP contribution in [0, 0.1) is 0 Å². The molecule has 0 radical (unpaired) electrons. The van der Waals surface area contributed by atoms with Gasteiger partial charge in [-0.05, 0) is 26.2 Å². The Balaban J connectivity index is 2.21. The number of hydrogen-bond donors (Lipinski definition) is 1. The summed E-state index contributed by atoms with van der Waals surface area (Å²) in [5, 5.41) is 2.26. The Kier molecular flexibility index (Phi) is 3.38. The second kappa shape index (κ2) is 4.68. The zero-order valence-electron chi connectivity index (χ0n) is 10.7. The number of carbonyl (C=O) groups is 3. The van der Waals surface area contributed by atoms with Crippen LogP contribution in [0.2, 0.25) is 0 Å². The molecule has 2 saturated heterocycles. The van der Waals surface area contributed by atoms with Gasteiger partial charge in [-0.3, -0.25) is 19.7 Å². The molecule has 0 saturated carbocycles. The number of imide groups is 1. The highest BCUT2D eigenvalue weighted by atomic mass is 16.5. The second-order valence-corrected chi connectivity index (χ2v) is 4.95. The van der Waals surface area contributed by atoms with E-state index in [1.165, 1.54) is 4.90 Å². The van der Waals surface area contributed by atoms with Gasteiger partial charge in [0.1, 0.15) is 18.2 Å². The van der Waals surface area contributed by atoms with Crippen molar-refractivity contribution in [1.82, 2.24) is 10.2 Å². The number of amides is 3. The van der Waals surface area contributed by atoms with Gasteiger partial charge < -0.3 is 9.64 Å². The average molecular weight is 254 g/mol. The predicted molar refractivity (Wildman–Crippen MR) is 62.5 cm³/mol. The minimum absolute atomic E-state index is 0.0674. The van der Waals surface area contributed by atoms with Crippen LogP contribution in [0.5, 0.6) is 0 Å². The molecule has 2 heterocycles. The van der Waals surface area contributed by atoms with Crippen molar-refractivity contribution >= 4 is 17.7 Å². The minimum atomic E-state index is -0.884. The number of carbonyl (C=O) groups excluding carboxylic acids is 3. The Bertz CT molecular complexity index is 388. The summed E-state index contributed by atoms with van der Waals surface area (Å²) in [5.74, 6) is -1.08. The molecule has 2 rings (SSSR count). The first kappa shape index (κ1) is 13.0. The maximum Gasteiger partial charge on any atom is 0.255 e. The van der Waals surface area contributed by atoms with E-state index in [1.54, 1.807) is 6.92 Å². The molecule has 0 aliphatic carbocycles. The number of nitrogens with one attached hydrogen (secondary N) is 1. The highest BCUT2D eigenvalue weighted by molar-refractivity contribution is 6.05. The predicted octanol–water partition coefficient (Wildman–Crippen LogP) is -0.181. The number of hydrogen-bond acceptors (Lipinski definition) is 4. The molecule has 0 aromatic heterocycles. The Morgan fingerprint density at radius 1 is 1.56 bits per heavy atom. The third-order valence-corrected chi connectivity index (χ3v) is 3.57. The van der Waals surface area contributed by atoms with Gasteiger partial charge >= 0.3 is 0 Å².